The second-order valence-electron chi connectivity index (χ2n) is 3.24. The molecular weight excluding hydrogens is 150 g/mol. The van der Waals surface area contributed by atoms with E-state index in [-0.39, 0.29) is 0 Å². The van der Waals surface area contributed by atoms with Gasteiger partial charge in [0.2, 0.25) is 0 Å². The van der Waals surface area contributed by atoms with Crippen LogP contribution in [0.5, 0.6) is 0 Å². The zero-order valence-corrected chi connectivity index (χ0v) is 7.80. The van der Waals surface area contributed by atoms with Crippen molar-refractivity contribution in [3.63, 3.8) is 0 Å². The Morgan fingerprint density at radius 1 is 1.75 bits per heavy atom. The maximum absolute atomic E-state index is 5.24. The van der Waals surface area contributed by atoms with Crippen molar-refractivity contribution in [2.75, 3.05) is 6.54 Å². The molecule has 12 heavy (non-hydrogen) atoms. The standard InChI is InChI=1S/C9H17N3/c1-3-8-4-7(2)12-9(5-8)6-11-10/h4,8,11H,3,5-6,10H2,1-2H3. The third-order valence-electron chi connectivity index (χ3n) is 2.14. The topological polar surface area (TPSA) is 50.4 Å². The van der Waals surface area contributed by atoms with Crippen LogP contribution in [0.2, 0.25) is 0 Å². The van der Waals surface area contributed by atoms with Gasteiger partial charge in [-0.25, -0.2) is 0 Å². The molecule has 0 aliphatic carbocycles. The van der Waals surface area contributed by atoms with Crippen molar-refractivity contribution in [1.29, 1.82) is 0 Å². The molecule has 3 nitrogen and oxygen atoms in total. The molecule has 68 valence electrons. The van der Waals surface area contributed by atoms with Crippen LogP contribution in [0.3, 0.4) is 0 Å². The van der Waals surface area contributed by atoms with Gasteiger partial charge in [-0.3, -0.25) is 16.3 Å². The summed E-state index contributed by atoms with van der Waals surface area (Å²) in [5.74, 6) is 5.90. The zero-order valence-electron chi connectivity index (χ0n) is 7.80. The molecule has 3 heteroatoms. The van der Waals surface area contributed by atoms with Crippen molar-refractivity contribution < 1.29 is 0 Å². The molecule has 1 unspecified atom stereocenters. The molecule has 0 aromatic heterocycles. The van der Waals surface area contributed by atoms with Crippen molar-refractivity contribution in [3.05, 3.63) is 11.8 Å². The lowest BCUT2D eigenvalue weighted by molar-refractivity contribution is 0.630. The second-order valence-corrected chi connectivity index (χ2v) is 3.24. The Morgan fingerprint density at radius 3 is 3.08 bits per heavy atom. The Hall–Kier alpha value is -0.670. The highest BCUT2D eigenvalue weighted by Gasteiger charge is 2.12. The molecule has 0 amide bonds. The first-order valence-corrected chi connectivity index (χ1v) is 4.44. The molecule has 0 spiro atoms. The van der Waals surface area contributed by atoms with E-state index in [1.807, 2.05) is 6.92 Å². The van der Waals surface area contributed by atoms with Crippen LogP contribution in [-0.2, 0) is 0 Å². The third-order valence-corrected chi connectivity index (χ3v) is 2.14. The van der Waals surface area contributed by atoms with E-state index in [1.54, 1.807) is 0 Å². The summed E-state index contributed by atoms with van der Waals surface area (Å²) in [7, 11) is 0. The first-order valence-electron chi connectivity index (χ1n) is 4.44. The first-order chi connectivity index (χ1) is 5.76. The van der Waals surface area contributed by atoms with Crippen LogP contribution in [0.15, 0.2) is 16.8 Å². The number of hydrazine groups is 1. The van der Waals surface area contributed by atoms with Crippen LogP contribution in [0.4, 0.5) is 0 Å². The van der Waals surface area contributed by atoms with Gasteiger partial charge in [-0.2, -0.15) is 0 Å². The number of rotatable bonds is 3. The van der Waals surface area contributed by atoms with Gasteiger partial charge in [0.15, 0.2) is 0 Å². The molecule has 0 aromatic rings. The number of aliphatic imine (C=N–C) groups is 1. The van der Waals surface area contributed by atoms with Gasteiger partial charge in [-0.15, -0.1) is 0 Å². The minimum atomic E-state index is 0.658. The summed E-state index contributed by atoms with van der Waals surface area (Å²) < 4.78 is 0. The number of nitrogens with one attached hydrogen (secondary N) is 1. The fraction of sp³-hybridized carbons (Fsp3) is 0.667. The SMILES string of the molecule is CCC1C=C(C)N=C(CNN)C1. The van der Waals surface area contributed by atoms with E-state index < -0.39 is 0 Å². The Kier molecular flexibility index (Phi) is 3.44. The summed E-state index contributed by atoms with van der Waals surface area (Å²) in [6, 6.07) is 0. The monoisotopic (exact) mass is 167 g/mol. The predicted octanol–water partition coefficient (Wildman–Crippen LogP) is 1.22. The van der Waals surface area contributed by atoms with Gasteiger partial charge in [0, 0.05) is 18.0 Å². The lowest BCUT2D eigenvalue weighted by Crippen LogP contribution is -2.30. The van der Waals surface area contributed by atoms with Crippen molar-refractivity contribution in [3.8, 4) is 0 Å². The van der Waals surface area contributed by atoms with Gasteiger partial charge >= 0.3 is 0 Å². The van der Waals surface area contributed by atoms with E-state index >= 15 is 0 Å². The molecule has 0 bridgehead atoms. The van der Waals surface area contributed by atoms with Crippen molar-refractivity contribution in [2.24, 2.45) is 16.8 Å². The van der Waals surface area contributed by atoms with Crippen molar-refractivity contribution in [1.82, 2.24) is 5.43 Å². The van der Waals surface area contributed by atoms with Gasteiger partial charge < -0.3 is 0 Å². The number of allylic oxidation sites excluding steroid dienone is 2. The van der Waals surface area contributed by atoms with Crippen molar-refractivity contribution in [2.45, 2.75) is 26.7 Å². The van der Waals surface area contributed by atoms with Gasteiger partial charge in [0.1, 0.15) is 0 Å². The average Bonchev–Trinajstić information content (AvgIpc) is 2.04. The minimum absolute atomic E-state index is 0.658. The van der Waals surface area contributed by atoms with Crippen LogP contribution in [0.1, 0.15) is 26.7 Å². The molecule has 1 aliphatic heterocycles. The summed E-state index contributed by atoms with van der Waals surface area (Å²) >= 11 is 0. The van der Waals surface area contributed by atoms with Gasteiger partial charge in [-0.1, -0.05) is 13.0 Å². The molecule has 0 aromatic carbocycles. The van der Waals surface area contributed by atoms with E-state index in [0.717, 1.165) is 12.1 Å². The molecule has 0 saturated carbocycles. The highest BCUT2D eigenvalue weighted by atomic mass is 15.2. The van der Waals surface area contributed by atoms with Crippen LogP contribution < -0.4 is 11.3 Å². The smallest absolute Gasteiger partial charge is 0.0483 e. The van der Waals surface area contributed by atoms with E-state index in [9.17, 15) is 0 Å². The third kappa shape index (κ3) is 2.43. The minimum Gasteiger partial charge on any atom is -0.271 e. The van der Waals surface area contributed by atoms with E-state index in [2.05, 4.69) is 23.4 Å². The van der Waals surface area contributed by atoms with Gasteiger partial charge in [0.05, 0.1) is 0 Å². The molecule has 1 rings (SSSR count). The van der Waals surface area contributed by atoms with Gasteiger partial charge in [0.25, 0.3) is 0 Å². The first kappa shape index (κ1) is 9.42. The summed E-state index contributed by atoms with van der Waals surface area (Å²) in [5.41, 5.74) is 4.94. The summed E-state index contributed by atoms with van der Waals surface area (Å²) in [6.45, 7) is 4.95. The average molecular weight is 167 g/mol. The Balaban J connectivity index is 2.60. The van der Waals surface area contributed by atoms with E-state index in [0.29, 0.717) is 12.5 Å². The molecule has 0 saturated heterocycles. The Labute approximate surface area is 73.7 Å². The fourth-order valence-electron chi connectivity index (χ4n) is 1.53. The number of hydrogen-bond acceptors (Lipinski definition) is 3. The second kappa shape index (κ2) is 4.38. The number of hydrogen-bond donors (Lipinski definition) is 2. The zero-order chi connectivity index (χ0) is 8.97. The molecular formula is C9H17N3. The van der Waals surface area contributed by atoms with Crippen molar-refractivity contribution >= 4 is 5.71 Å². The maximum atomic E-state index is 5.24. The molecule has 1 atom stereocenters. The summed E-state index contributed by atoms with van der Waals surface area (Å²) in [6.07, 6.45) is 4.47. The Bertz CT molecular complexity index is 206. The number of nitrogens with zero attached hydrogens (tertiary/aromatic N) is 1. The normalized spacial score (nSPS) is 23.4. The lowest BCUT2D eigenvalue weighted by atomic mass is 9.95. The molecule has 3 N–H and O–H groups in total. The van der Waals surface area contributed by atoms with Crippen LogP contribution in [0.25, 0.3) is 0 Å². The molecule has 1 heterocycles. The summed E-state index contributed by atoms with van der Waals surface area (Å²) in [5, 5.41) is 0. The molecule has 0 fully saturated rings. The Morgan fingerprint density at radius 2 is 2.50 bits per heavy atom. The molecule has 1 aliphatic rings. The largest absolute Gasteiger partial charge is 0.271 e. The van der Waals surface area contributed by atoms with Gasteiger partial charge in [-0.05, 0) is 25.7 Å². The fourth-order valence-corrected chi connectivity index (χ4v) is 1.53. The van der Waals surface area contributed by atoms with Crippen LogP contribution >= 0.6 is 0 Å². The highest BCUT2D eigenvalue weighted by Crippen LogP contribution is 2.19. The predicted molar refractivity (Wildman–Crippen MR) is 51.8 cm³/mol. The maximum Gasteiger partial charge on any atom is 0.0483 e. The van der Waals surface area contributed by atoms with E-state index in [1.165, 1.54) is 12.1 Å². The van der Waals surface area contributed by atoms with Crippen LogP contribution in [-0.4, -0.2) is 12.3 Å². The van der Waals surface area contributed by atoms with E-state index in [4.69, 9.17) is 5.84 Å². The lowest BCUT2D eigenvalue weighted by Gasteiger charge is -2.17. The summed E-state index contributed by atoms with van der Waals surface area (Å²) in [4.78, 5) is 4.41. The van der Waals surface area contributed by atoms with Crippen LogP contribution in [0, 0.1) is 5.92 Å². The quantitative estimate of drug-likeness (QED) is 0.490. The highest BCUT2D eigenvalue weighted by molar-refractivity contribution is 5.88. The number of nitrogens with two attached hydrogens (primary N) is 1. The molecule has 0 radical (unpaired) electrons.